The molecule has 2 aromatic rings. The Morgan fingerprint density at radius 1 is 1.24 bits per heavy atom. The van der Waals surface area contributed by atoms with Crippen LogP contribution in [0.2, 0.25) is 0 Å². The number of carbonyl (C=O) groups excluding carboxylic acids is 1. The van der Waals surface area contributed by atoms with E-state index in [4.69, 9.17) is 0 Å². The molecule has 0 aromatic heterocycles. The molecule has 0 fully saturated rings. The van der Waals surface area contributed by atoms with Crippen LogP contribution >= 0.6 is 22.6 Å². The topological polar surface area (TPSA) is 72.2 Å². The smallest absolute Gasteiger partial charge is 0.269 e. The standard InChI is InChI=1S/C15H13IN2O3/c1-10(11-5-4-6-12(9-11)18(20)21)17-15(19)13-7-2-3-8-14(13)16/h2-10H,1H3,(H,17,19). The average Bonchev–Trinajstić information content (AvgIpc) is 2.47. The second kappa shape index (κ2) is 6.66. The maximum atomic E-state index is 12.2. The molecule has 0 spiro atoms. The van der Waals surface area contributed by atoms with Crippen molar-refractivity contribution in [2.45, 2.75) is 13.0 Å². The number of nitrogens with zero attached hydrogens (tertiary/aromatic N) is 1. The van der Waals surface area contributed by atoms with Crippen molar-refractivity contribution in [2.75, 3.05) is 0 Å². The molecule has 0 aliphatic rings. The fourth-order valence-electron chi connectivity index (χ4n) is 1.91. The summed E-state index contributed by atoms with van der Waals surface area (Å²) in [5, 5.41) is 13.6. The third kappa shape index (κ3) is 3.78. The third-order valence-corrected chi connectivity index (χ3v) is 3.99. The van der Waals surface area contributed by atoms with Crippen LogP contribution in [-0.4, -0.2) is 10.8 Å². The van der Waals surface area contributed by atoms with Gasteiger partial charge in [-0.15, -0.1) is 0 Å². The number of amides is 1. The molecule has 1 unspecified atom stereocenters. The normalized spacial score (nSPS) is 11.7. The summed E-state index contributed by atoms with van der Waals surface area (Å²) in [7, 11) is 0. The Morgan fingerprint density at radius 2 is 1.95 bits per heavy atom. The van der Waals surface area contributed by atoms with Crippen molar-refractivity contribution in [1.82, 2.24) is 5.32 Å². The van der Waals surface area contributed by atoms with Gasteiger partial charge in [-0.2, -0.15) is 0 Å². The first-order chi connectivity index (χ1) is 9.99. The third-order valence-electron chi connectivity index (χ3n) is 3.05. The molecule has 2 aromatic carbocycles. The lowest BCUT2D eigenvalue weighted by atomic mass is 10.1. The molecule has 0 heterocycles. The zero-order chi connectivity index (χ0) is 15.4. The van der Waals surface area contributed by atoms with E-state index in [1.807, 2.05) is 12.1 Å². The maximum absolute atomic E-state index is 12.2. The van der Waals surface area contributed by atoms with Gasteiger partial charge >= 0.3 is 0 Å². The zero-order valence-corrected chi connectivity index (χ0v) is 13.4. The predicted molar refractivity (Wildman–Crippen MR) is 88.1 cm³/mol. The Kier molecular flexibility index (Phi) is 4.89. The lowest BCUT2D eigenvalue weighted by Crippen LogP contribution is -2.27. The van der Waals surface area contributed by atoms with E-state index < -0.39 is 4.92 Å². The molecule has 1 amide bonds. The van der Waals surface area contributed by atoms with Gasteiger partial charge in [-0.3, -0.25) is 14.9 Å². The van der Waals surface area contributed by atoms with E-state index in [1.165, 1.54) is 12.1 Å². The van der Waals surface area contributed by atoms with Gasteiger partial charge in [-0.1, -0.05) is 24.3 Å². The largest absolute Gasteiger partial charge is 0.345 e. The Balaban J connectivity index is 2.16. The van der Waals surface area contributed by atoms with Crippen LogP contribution in [0.25, 0.3) is 0 Å². The van der Waals surface area contributed by atoms with Gasteiger partial charge in [0.05, 0.1) is 16.5 Å². The minimum atomic E-state index is -0.446. The number of benzene rings is 2. The first-order valence-corrected chi connectivity index (χ1v) is 7.36. The number of nitro benzene ring substituents is 1. The summed E-state index contributed by atoms with van der Waals surface area (Å²) in [5.74, 6) is -0.195. The molecule has 0 saturated heterocycles. The Labute approximate surface area is 135 Å². The molecule has 6 heteroatoms. The van der Waals surface area contributed by atoms with Crippen molar-refractivity contribution in [3.05, 3.63) is 73.3 Å². The molecule has 2 rings (SSSR count). The Bertz CT molecular complexity index is 688. The van der Waals surface area contributed by atoms with E-state index >= 15 is 0 Å². The van der Waals surface area contributed by atoms with E-state index in [1.54, 1.807) is 31.2 Å². The number of nitrogens with one attached hydrogen (secondary N) is 1. The van der Waals surface area contributed by atoms with Crippen LogP contribution in [0.1, 0.15) is 28.9 Å². The number of hydrogen-bond acceptors (Lipinski definition) is 3. The monoisotopic (exact) mass is 396 g/mol. The highest BCUT2D eigenvalue weighted by atomic mass is 127. The Hall–Kier alpha value is -1.96. The van der Waals surface area contributed by atoms with E-state index in [2.05, 4.69) is 27.9 Å². The number of hydrogen-bond donors (Lipinski definition) is 1. The van der Waals surface area contributed by atoms with Gasteiger partial charge in [-0.25, -0.2) is 0 Å². The predicted octanol–water partition coefficient (Wildman–Crippen LogP) is 3.69. The summed E-state index contributed by atoms with van der Waals surface area (Å²) >= 11 is 2.10. The highest BCUT2D eigenvalue weighted by molar-refractivity contribution is 14.1. The molecule has 108 valence electrons. The Morgan fingerprint density at radius 3 is 2.62 bits per heavy atom. The molecule has 0 aliphatic carbocycles. The number of rotatable bonds is 4. The van der Waals surface area contributed by atoms with Crippen molar-refractivity contribution in [3.8, 4) is 0 Å². The minimum Gasteiger partial charge on any atom is -0.345 e. The van der Waals surface area contributed by atoms with E-state index in [9.17, 15) is 14.9 Å². The van der Waals surface area contributed by atoms with E-state index in [0.29, 0.717) is 11.1 Å². The molecule has 1 N–H and O–H groups in total. The summed E-state index contributed by atoms with van der Waals surface area (Å²) in [6.45, 7) is 1.80. The van der Waals surface area contributed by atoms with Gasteiger partial charge in [0.15, 0.2) is 0 Å². The van der Waals surface area contributed by atoms with Crippen LogP contribution in [0, 0.1) is 13.7 Å². The van der Waals surface area contributed by atoms with Crippen LogP contribution in [0.15, 0.2) is 48.5 Å². The fourth-order valence-corrected chi connectivity index (χ4v) is 2.54. The summed E-state index contributed by atoms with van der Waals surface area (Å²) in [6, 6.07) is 13.2. The van der Waals surface area contributed by atoms with Crippen LogP contribution < -0.4 is 5.32 Å². The van der Waals surface area contributed by atoms with E-state index in [-0.39, 0.29) is 17.6 Å². The quantitative estimate of drug-likeness (QED) is 0.487. The number of carbonyl (C=O) groups is 1. The summed E-state index contributed by atoms with van der Waals surface area (Å²) in [4.78, 5) is 22.6. The minimum absolute atomic E-state index is 0.0166. The first-order valence-electron chi connectivity index (χ1n) is 6.29. The molecule has 5 nitrogen and oxygen atoms in total. The first kappa shape index (κ1) is 15.4. The molecule has 0 aliphatic heterocycles. The fraction of sp³-hybridized carbons (Fsp3) is 0.133. The van der Waals surface area contributed by atoms with Crippen molar-refractivity contribution in [2.24, 2.45) is 0 Å². The number of halogens is 1. The summed E-state index contributed by atoms with van der Waals surface area (Å²) < 4.78 is 0.860. The summed E-state index contributed by atoms with van der Waals surface area (Å²) in [5.41, 5.74) is 1.31. The molecular formula is C15H13IN2O3. The molecule has 0 radical (unpaired) electrons. The SMILES string of the molecule is CC(NC(=O)c1ccccc1I)c1cccc([N+](=O)[O-])c1. The molecule has 0 bridgehead atoms. The van der Waals surface area contributed by atoms with Crippen molar-refractivity contribution >= 4 is 34.2 Å². The van der Waals surface area contributed by atoms with Gasteiger partial charge in [0.25, 0.3) is 11.6 Å². The molecule has 21 heavy (non-hydrogen) atoms. The van der Waals surface area contributed by atoms with Gasteiger partial charge in [0, 0.05) is 15.7 Å². The highest BCUT2D eigenvalue weighted by Gasteiger charge is 2.15. The van der Waals surface area contributed by atoms with E-state index in [0.717, 1.165) is 3.57 Å². The van der Waals surface area contributed by atoms with Gasteiger partial charge in [0.2, 0.25) is 0 Å². The lowest BCUT2D eigenvalue weighted by molar-refractivity contribution is -0.384. The average molecular weight is 396 g/mol. The lowest BCUT2D eigenvalue weighted by Gasteiger charge is -2.14. The van der Waals surface area contributed by atoms with Gasteiger partial charge in [0.1, 0.15) is 0 Å². The highest BCUT2D eigenvalue weighted by Crippen LogP contribution is 2.20. The van der Waals surface area contributed by atoms with Crippen LogP contribution in [-0.2, 0) is 0 Å². The molecular weight excluding hydrogens is 383 g/mol. The second-order valence-electron chi connectivity index (χ2n) is 4.53. The maximum Gasteiger partial charge on any atom is 0.269 e. The molecule has 0 saturated carbocycles. The van der Waals surface area contributed by atoms with Crippen molar-refractivity contribution in [1.29, 1.82) is 0 Å². The summed E-state index contributed by atoms with van der Waals surface area (Å²) in [6.07, 6.45) is 0. The molecule has 1 atom stereocenters. The van der Waals surface area contributed by atoms with Crippen LogP contribution in [0.3, 0.4) is 0 Å². The second-order valence-corrected chi connectivity index (χ2v) is 5.69. The van der Waals surface area contributed by atoms with Crippen molar-refractivity contribution in [3.63, 3.8) is 0 Å². The number of non-ortho nitro benzene ring substituents is 1. The van der Waals surface area contributed by atoms with Gasteiger partial charge < -0.3 is 5.32 Å². The van der Waals surface area contributed by atoms with Crippen molar-refractivity contribution < 1.29 is 9.72 Å². The van der Waals surface area contributed by atoms with Crippen LogP contribution in [0.4, 0.5) is 5.69 Å². The number of nitro groups is 1. The zero-order valence-electron chi connectivity index (χ0n) is 11.2. The van der Waals surface area contributed by atoms with Gasteiger partial charge in [-0.05, 0) is 47.2 Å². The van der Waals surface area contributed by atoms with Crippen LogP contribution in [0.5, 0.6) is 0 Å².